The van der Waals surface area contributed by atoms with Gasteiger partial charge in [0.2, 0.25) is 5.60 Å². The highest BCUT2D eigenvalue weighted by molar-refractivity contribution is 6.04. The number of hydrogen-bond donors (Lipinski definition) is 3. The maximum atomic E-state index is 10.8. The highest BCUT2D eigenvalue weighted by atomic mass is 16.6. The average molecular weight is 191 g/mol. The normalized spacial score (nSPS) is 38.8. The molecule has 0 bridgehead atoms. The van der Waals surface area contributed by atoms with Gasteiger partial charge in [-0.2, -0.15) is 0 Å². The van der Waals surface area contributed by atoms with Crippen LogP contribution in [0.5, 0.6) is 0 Å². The zero-order valence-corrected chi connectivity index (χ0v) is 6.34. The molecule has 1 rings (SSSR count). The summed E-state index contributed by atoms with van der Waals surface area (Å²) in [5.41, 5.74) is -3.08. The lowest BCUT2D eigenvalue weighted by Crippen LogP contribution is -2.59. The lowest BCUT2D eigenvalue weighted by atomic mass is 9.96. The summed E-state index contributed by atoms with van der Waals surface area (Å²) < 4.78 is 4.19. The van der Waals surface area contributed by atoms with E-state index in [9.17, 15) is 14.7 Å². The van der Waals surface area contributed by atoms with E-state index in [-0.39, 0.29) is 0 Å². The Bertz CT molecular complexity index is 249. The quantitative estimate of drug-likeness (QED) is 0.298. The van der Waals surface area contributed by atoms with Crippen molar-refractivity contribution in [3.63, 3.8) is 0 Å². The van der Waals surface area contributed by atoms with Gasteiger partial charge in [0.05, 0.1) is 12.6 Å². The second-order valence-corrected chi connectivity index (χ2v) is 2.63. The second kappa shape index (κ2) is 2.95. The molecule has 1 fully saturated rings. The van der Waals surface area contributed by atoms with E-state index in [1.807, 2.05) is 0 Å². The van der Waals surface area contributed by atoms with Gasteiger partial charge in [-0.3, -0.25) is 0 Å². The number of aliphatic hydroxyl groups excluding tert-OH is 2. The molecule has 74 valence electrons. The molecule has 1 unspecified atom stereocenters. The first kappa shape index (κ1) is 9.90. The van der Waals surface area contributed by atoms with E-state index in [1.54, 1.807) is 0 Å². The van der Waals surface area contributed by atoms with E-state index < -0.39 is 36.4 Å². The highest BCUT2D eigenvalue weighted by Gasteiger charge is 2.57. The third kappa shape index (κ3) is 1.17. The predicted octanol–water partition coefficient (Wildman–Crippen LogP) is -4.25. The molecule has 0 amide bonds. The number of hydrogen-bond acceptors (Lipinski definition) is 7. The number of carbonyl (C=O) groups is 2. The largest absolute Gasteiger partial charge is 0.546 e. The van der Waals surface area contributed by atoms with Gasteiger partial charge in [-0.1, -0.05) is 0 Å². The third-order valence-corrected chi connectivity index (χ3v) is 1.84. The predicted molar refractivity (Wildman–Crippen MR) is 32.9 cm³/mol. The number of carboxylic acids is 1. The van der Waals surface area contributed by atoms with Gasteiger partial charge in [-0.05, 0) is 0 Å². The second-order valence-electron chi connectivity index (χ2n) is 2.63. The van der Waals surface area contributed by atoms with Gasteiger partial charge in [0.15, 0.2) is 6.10 Å². The highest BCUT2D eigenvalue weighted by Crippen LogP contribution is 2.25. The number of carboxylic acid groups (broad SMARTS) is 1. The zero-order valence-electron chi connectivity index (χ0n) is 6.34. The number of aliphatic carboxylic acids is 1. The molecule has 0 aromatic heterocycles. The van der Waals surface area contributed by atoms with E-state index in [0.29, 0.717) is 0 Å². The molecule has 3 atom stereocenters. The van der Waals surface area contributed by atoms with Crippen molar-refractivity contribution in [2.24, 2.45) is 0 Å². The number of esters is 1. The van der Waals surface area contributed by atoms with Crippen LogP contribution in [0.15, 0.2) is 0 Å². The molecule has 0 saturated carbocycles. The molecular weight excluding hydrogens is 184 g/mol. The summed E-state index contributed by atoms with van der Waals surface area (Å²) in [6.07, 6.45) is -3.45. The Morgan fingerprint density at radius 2 is 2.23 bits per heavy atom. The van der Waals surface area contributed by atoms with Crippen molar-refractivity contribution in [3.05, 3.63) is 0 Å². The van der Waals surface area contributed by atoms with Crippen LogP contribution < -0.4 is 5.11 Å². The number of ether oxygens (including phenoxy) is 1. The molecule has 1 saturated heterocycles. The van der Waals surface area contributed by atoms with Crippen LogP contribution in [0.4, 0.5) is 0 Å². The molecule has 0 radical (unpaired) electrons. The monoisotopic (exact) mass is 191 g/mol. The van der Waals surface area contributed by atoms with E-state index in [2.05, 4.69) is 4.74 Å². The fraction of sp³-hybridized carbons (Fsp3) is 0.667. The van der Waals surface area contributed by atoms with Crippen molar-refractivity contribution in [1.29, 1.82) is 0 Å². The van der Waals surface area contributed by atoms with Crippen LogP contribution in [0.1, 0.15) is 0 Å². The first-order valence-electron chi connectivity index (χ1n) is 3.38. The fourth-order valence-electron chi connectivity index (χ4n) is 1.02. The Labute approximate surface area is 72.2 Å². The molecule has 0 aromatic rings. The summed E-state index contributed by atoms with van der Waals surface area (Å²) in [5, 5.41) is 37.0. The summed E-state index contributed by atoms with van der Waals surface area (Å²) >= 11 is 0. The van der Waals surface area contributed by atoms with Gasteiger partial charge in [0.25, 0.3) is 0 Å². The van der Waals surface area contributed by atoms with Crippen LogP contribution in [0.3, 0.4) is 0 Å². The maximum Gasteiger partial charge on any atom is 0.347 e. The minimum Gasteiger partial charge on any atom is -0.546 e. The van der Waals surface area contributed by atoms with Gasteiger partial charge in [-0.25, -0.2) is 4.79 Å². The molecule has 7 heteroatoms. The minimum absolute atomic E-state index is 0.775. The van der Waals surface area contributed by atoms with Crippen LogP contribution >= 0.6 is 0 Å². The number of carbonyl (C=O) groups excluding carboxylic acids is 2. The zero-order chi connectivity index (χ0) is 10.2. The number of aliphatic hydroxyl groups is 3. The third-order valence-electron chi connectivity index (χ3n) is 1.84. The molecule has 7 nitrogen and oxygen atoms in total. The van der Waals surface area contributed by atoms with Crippen molar-refractivity contribution in [2.45, 2.75) is 17.8 Å². The first-order valence-corrected chi connectivity index (χ1v) is 3.38. The van der Waals surface area contributed by atoms with Crippen molar-refractivity contribution < 1.29 is 34.8 Å². The summed E-state index contributed by atoms with van der Waals surface area (Å²) in [5.74, 6) is -3.68. The van der Waals surface area contributed by atoms with Gasteiger partial charge in [0, 0.05) is 0 Å². The molecule has 1 heterocycles. The van der Waals surface area contributed by atoms with Crippen LogP contribution in [0.25, 0.3) is 0 Å². The van der Waals surface area contributed by atoms with Crippen LogP contribution in [-0.2, 0) is 14.3 Å². The van der Waals surface area contributed by atoms with Crippen LogP contribution in [0, 0.1) is 0 Å². The van der Waals surface area contributed by atoms with Crippen LogP contribution in [-0.4, -0.2) is 51.7 Å². The topological polar surface area (TPSA) is 127 Å². The number of rotatable bonds is 2. The van der Waals surface area contributed by atoms with Gasteiger partial charge in [0.1, 0.15) is 6.10 Å². The molecule has 0 spiro atoms. The lowest BCUT2D eigenvalue weighted by Gasteiger charge is -2.23. The Balaban J connectivity index is 2.99. The molecule has 1 aliphatic rings. The van der Waals surface area contributed by atoms with Gasteiger partial charge in [-0.15, -0.1) is 0 Å². The number of cyclic esters (lactones) is 1. The van der Waals surface area contributed by atoms with Crippen molar-refractivity contribution >= 4 is 11.9 Å². The van der Waals surface area contributed by atoms with E-state index >= 15 is 0 Å². The Hall–Kier alpha value is -1.18. The van der Waals surface area contributed by atoms with Gasteiger partial charge >= 0.3 is 5.97 Å². The summed E-state index contributed by atoms with van der Waals surface area (Å²) in [6, 6.07) is 0. The minimum atomic E-state index is -3.08. The van der Waals surface area contributed by atoms with Crippen molar-refractivity contribution in [1.82, 2.24) is 0 Å². The molecule has 1 aliphatic heterocycles. The fourth-order valence-corrected chi connectivity index (χ4v) is 1.02. The average Bonchev–Trinajstić information content (AvgIpc) is 2.30. The van der Waals surface area contributed by atoms with E-state index in [4.69, 9.17) is 15.3 Å². The molecular formula is C6H7O7-. The summed E-state index contributed by atoms with van der Waals surface area (Å²) in [6.45, 7) is -0.775. The summed E-state index contributed by atoms with van der Waals surface area (Å²) in [4.78, 5) is 21.1. The molecule has 0 aliphatic carbocycles. The Morgan fingerprint density at radius 3 is 2.46 bits per heavy atom. The molecule has 0 aromatic carbocycles. The smallest absolute Gasteiger partial charge is 0.347 e. The van der Waals surface area contributed by atoms with E-state index in [0.717, 1.165) is 0 Å². The Kier molecular flexibility index (Phi) is 2.24. The van der Waals surface area contributed by atoms with E-state index in [1.165, 1.54) is 0 Å². The molecule has 13 heavy (non-hydrogen) atoms. The standard InChI is InChI=1S/C6H8O7/c7-1-2-3(8)6(12,4(9)10)5(11)13-2/h2-3,7-8,12H,1H2,(H,9,10)/p-1/t2-,3+,6?/m0/s1. The molecule has 3 N–H and O–H groups in total. The van der Waals surface area contributed by atoms with Crippen molar-refractivity contribution in [3.8, 4) is 0 Å². The lowest BCUT2D eigenvalue weighted by molar-refractivity contribution is -0.325. The SMILES string of the molecule is O=C([O-])C1(O)C(=O)O[C@@H](CO)[C@H]1O. The van der Waals surface area contributed by atoms with Gasteiger partial charge < -0.3 is 30.0 Å². The van der Waals surface area contributed by atoms with Crippen molar-refractivity contribution in [2.75, 3.05) is 6.61 Å². The Morgan fingerprint density at radius 1 is 1.69 bits per heavy atom. The maximum absolute atomic E-state index is 10.8. The van der Waals surface area contributed by atoms with Crippen LogP contribution in [0.2, 0.25) is 0 Å². The summed E-state index contributed by atoms with van der Waals surface area (Å²) in [7, 11) is 0. The first-order chi connectivity index (χ1) is 5.94.